The molecule has 3 nitrogen and oxygen atoms in total. The van der Waals surface area contributed by atoms with Gasteiger partial charge in [0.2, 0.25) is 0 Å². The molecule has 94 valence electrons. The van der Waals surface area contributed by atoms with Gasteiger partial charge in [-0.1, -0.05) is 6.92 Å². The maximum Gasteiger partial charge on any atom is 0.0569 e. The number of aromatic nitrogens is 1. The number of nitrogens with zero attached hydrogens (tertiary/aromatic N) is 2. The molecule has 1 fully saturated rings. The number of hydrogen-bond donors (Lipinski definition) is 1. The van der Waals surface area contributed by atoms with Gasteiger partial charge in [-0.15, -0.1) is 0 Å². The predicted molar refractivity (Wildman–Crippen MR) is 72.1 cm³/mol. The lowest BCUT2D eigenvalue weighted by atomic mass is 10.0. The lowest BCUT2D eigenvalue weighted by Crippen LogP contribution is -2.24. The summed E-state index contributed by atoms with van der Waals surface area (Å²) in [6.45, 7) is 6.63. The molecule has 0 amide bonds. The average molecular weight is 233 g/mol. The normalized spacial score (nSPS) is 23.2. The van der Waals surface area contributed by atoms with E-state index in [4.69, 9.17) is 5.73 Å². The first-order valence-corrected chi connectivity index (χ1v) is 6.63. The van der Waals surface area contributed by atoms with Crippen molar-refractivity contribution in [2.75, 3.05) is 18.0 Å². The summed E-state index contributed by atoms with van der Waals surface area (Å²) in [4.78, 5) is 6.88. The fraction of sp³-hybridized carbons (Fsp3) is 0.643. The fourth-order valence-corrected chi connectivity index (χ4v) is 2.38. The van der Waals surface area contributed by atoms with E-state index in [9.17, 15) is 0 Å². The van der Waals surface area contributed by atoms with Crippen LogP contribution in [0.1, 0.15) is 44.8 Å². The van der Waals surface area contributed by atoms with Crippen molar-refractivity contribution in [2.45, 2.75) is 39.2 Å². The van der Waals surface area contributed by atoms with Crippen LogP contribution in [0, 0.1) is 5.92 Å². The second-order valence-electron chi connectivity index (χ2n) is 5.25. The first kappa shape index (κ1) is 12.4. The van der Waals surface area contributed by atoms with Gasteiger partial charge in [0.25, 0.3) is 0 Å². The molecule has 1 aliphatic heterocycles. The van der Waals surface area contributed by atoms with E-state index in [1.807, 2.05) is 19.2 Å². The third kappa shape index (κ3) is 3.19. The van der Waals surface area contributed by atoms with Crippen LogP contribution in [0.2, 0.25) is 0 Å². The summed E-state index contributed by atoms with van der Waals surface area (Å²) in [5.74, 6) is 0.858. The monoisotopic (exact) mass is 233 g/mol. The van der Waals surface area contributed by atoms with Crippen molar-refractivity contribution < 1.29 is 0 Å². The van der Waals surface area contributed by atoms with Crippen molar-refractivity contribution in [3.05, 3.63) is 24.0 Å². The lowest BCUT2D eigenvalue weighted by molar-refractivity contribution is 0.521. The molecule has 2 atom stereocenters. The van der Waals surface area contributed by atoms with Crippen molar-refractivity contribution in [3.8, 4) is 0 Å². The van der Waals surface area contributed by atoms with Crippen LogP contribution < -0.4 is 10.6 Å². The van der Waals surface area contributed by atoms with Crippen LogP contribution in [0.25, 0.3) is 0 Å². The Bertz CT molecular complexity index is 345. The van der Waals surface area contributed by atoms with Crippen molar-refractivity contribution in [1.82, 2.24) is 4.98 Å². The molecule has 0 radical (unpaired) electrons. The molecule has 2 unspecified atom stereocenters. The topological polar surface area (TPSA) is 42.1 Å². The van der Waals surface area contributed by atoms with Gasteiger partial charge >= 0.3 is 0 Å². The minimum absolute atomic E-state index is 0.0215. The summed E-state index contributed by atoms with van der Waals surface area (Å²) in [6.07, 6.45) is 5.89. The van der Waals surface area contributed by atoms with Crippen molar-refractivity contribution in [1.29, 1.82) is 0 Å². The summed E-state index contributed by atoms with van der Waals surface area (Å²) < 4.78 is 0. The van der Waals surface area contributed by atoms with Gasteiger partial charge in [-0.05, 0) is 44.2 Å². The Kier molecular flexibility index (Phi) is 4.00. The lowest BCUT2D eigenvalue weighted by Gasteiger charge is -2.22. The van der Waals surface area contributed by atoms with Crippen LogP contribution in [-0.2, 0) is 0 Å². The van der Waals surface area contributed by atoms with Crippen LogP contribution in [0.15, 0.2) is 18.3 Å². The summed E-state index contributed by atoms with van der Waals surface area (Å²) in [5, 5.41) is 0. The third-order valence-electron chi connectivity index (χ3n) is 3.62. The molecule has 1 aliphatic rings. The Morgan fingerprint density at radius 1 is 1.35 bits per heavy atom. The Morgan fingerprint density at radius 3 is 2.82 bits per heavy atom. The zero-order valence-corrected chi connectivity index (χ0v) is 10.9. The van der Waals surface area contributed by atoms with Gasteiger partial charge in [-0.2, -0.15) is 0 Å². The smallest absolute Gasteiger partial charge is 0.0569 e. The van der Waals surface area contributed by atoms with E-state index in [1.165, 1.54) is 24.9 Å². The molecule has 0 aromatic carbocycles. The zero-order chi connectivity index (χ0) is 12.3. The molecule has 2 rings (SSSR count). The minimum atomic E-state index is 0.0215. The second kappa shape index (κ2) is 5.50. The largest absolute Gasteiger partial charge is 0.370 e. The highest BCUT2D eigenvalue weighted by Crippen LogP contribution is 2.22. The van der Waals surface area contributed by atoms with Gasteiger partial charge < -0.3 is 10.6 Å². The van der Waals surface area contributed by atoms with Crippen molar-refractivity contribution in [3.63, 3.8) is 0 Å². The standard InChI is InChI=1S/C14H23N3/c1-11-4-3-8-17(9-7-11)13-5-6-14(12(2)15)16-10-13/h5-6,10-12H,3-4,7-9,15H2,1-2H3. The summed E-state index contributed by atoms with van der Waals surface area (Å²) in [6, 6.07) is 4.23. The molecule has 0 aliphatic carbocycles. The van der Waals surface area contributed by atoms with Crippen LogP contribution in [0.3, 0.4) is 0 Å². The van der Waals surface area contributed by atoms with Gasteiger partial charge in [0.05, 0.1) is 17.6 Å². The van der Waals surface area contributed by atoms with Crippen molar-refractivity contribution >= 4 is 5.69 Å². The number of nitrogens with two attached hydrogens (primary N) is 1. The minimum Gasteiger partial charge on any atom is -0.370 e. The Balaban J connectivity index is 2.06. The van der Waals surface area contributed by atoms with E-state index in [0.29, 0.717) is 0 Å². The van der Waals surface area contributed by atoms with Crippen molar-refractivity contribution in [2.24, 2.45) is 11.7 Å². The molecule has 3 heteroatoms. The summed E-state index contributed by atoms with van der Waals surface area (Å²) in [7, 11) is 0. The quantitative estimate of drug-likeness (QED) is 0.854. The molecule has 2 N–H and O–H groups in total. The van der Waals surface area contributed by atoms with Crippen LogP contribution in [-0.4, -0.2) is 18.1 Å². The highest BCUT2D eigenvalue weighted by molar-refractivity contribution is 5.44. The average Bonchev–Trinajstić information content (AvgIpc) is 2.54. The maximum absolute atomic E-state index is 5.81. The van der Waals surface area contributed by atoms with Crippen LogP contribution >= 0.6 is 0 Å². The highest BCUT2D eigenvalue weighted by Gasteiger charge is 2.14. The number of pyridine rings is 1. The molecular formula is C14H23N3. The Hall–Kier alpha value is -1.09. The molecule has 1 aromatic heterocycles. The maximum atomic E-state index is 5.81. The van der Waals surface area contributed by atoms with Gasteiger partial charge in [-0.25, -0.2) is 0 Å². The molecule has 1 saturated heterocycles. The first-order valence-electron chi connectivity index (χ1n) is 6.63. The molecule has 1 aromatic rings. The predicted octanol–water partition coefficient (Wildman–Crippen LogP) is 2.73. The third-order valence-corrected chi connectivity index (χ3v) is 3.62. The Morgan fingerprint density at radius 2 is 2.18 bits per heavy atom. The van der Waals surface area contributed by atoms with Gasteiger partial charge in [0, 0.05) is 19.1 Å². The first-order chi connectivity index (χ1) is 8.16. The van der Waals surface area contributed by atoms with Gasteiger partial charge in [0.1, 0.15) is 0 Å². The number of anilines is 1. The zero-order valence-electron chi connectivity index (χ0n) is 10.9. The van der Waals surface area contributed by atoms with E-state index >= 15 is 0 Å². The van der Waals surface area contributed by atoms with Crippen LogP contribution in [0.4, 0.5) is 5.69 Å². The number of rotatable bonds is 2. The van der Waals surface area contributed by atoms with Gasteiger partial charge in [-0.3, -0.25) is 4.98 Å². The van der Waals surface area contributed by atoms with Crippen LogP contribution in [0.5, 0.6) is 0 Å². The van der Waals surface area contributed by atoms with E-state index < -0.39 is 0 Å². The van der Waals surface area contributed by atoms with E-state index in [1.54, 1.807) is 0 Å². The SMILES string of the molecule is CC1CCCN(c2ccc(C(C)N)nc2)CC1. The van der Waals surface area contributed by atoms with Gasteiger partial charge in [0.15, 0.2) is 0 Å². The number of hydrogen-bond acceptors (Lipinski definition) is 3. The second-order valence-corrected chi connectivity index (χ2v) is 5.25. The molecular weight excluding hydrogens is 210 g/mol. The highest BCUT2D eigenvalue weighted by atomic mass is 15.1. The molecule has 2 heterocycles. The molecule has 17 heavy (non-hydrogen) atoms. The van der Waals surface area contributed by atoms with E-state index in [-0.39, 0.29) is 6.04 Å². The Labute approximate surface area is 104 Å². The molecule has 0 bridgehead atoms. The fourth-order valence-electron chi connectivity index (χ4n) is 2.38. The molecule has 0 spiro atoms. The summed E-state index contributed by atoms with van der Waals surface area (Å²) >= 11 is 0. The van der Waals surface area contributed by atoms with E-state index in [2.05, 4.69) is 22.9 Å². The summed E-state index contributed by atoms with van der Waals surface area (Å²) in [5.41, 5.74) is 8.02. The van der Waals surface area contributed by atoms with E-state index in [0.717, 1.165) is 24.7 Å². The molecule has 0 saturated carbocycles.